The number of carbonyl (C=O) groups excluding carboxylic acids is 4. The molecule has 0 saturated heterocycles. The van der Waals surface area contributed by atoms with Gasteiger partial charge in [-0.25, -0.2) is 19.2 Å². The van der Waals surface area contributed by atoms with E-state index in [-0.39, 0.29) is 39.5 Å². The van der Waals surface area contributed by atoms with Crippen LogP contribution in [0.3, 0.4) is 0 Å². The number of carbonyl (C=O) groups is 4. The van der Waals surface area contributed by atoms with E-state index in [1.807, 2.05) is 42.5 Å². The molecule has 0 heterocycles. The van der Waals surface area contributed by atoms with Gasteiger partial charge in [-0.15, -0.1) is 0 Å². The van der Waals surface area contributed by atoms with E-state index >= 15 is 0 Å². The first kappa shape index (κ1) is 34.8. The molecule has 0 spiro atoms. The molecule has 0 atom stereocenters. The number of ether oxygens (including phenoxy) is 4. The topological polar surface area (TPSA) is 105 Å². The monoisotopic (exact) mass is 666 g/mol. The lowest BCUT2D eigenvalue weighted by atomic mass is 9.92. The van der Waals surface area contributed by atoms with Gasteiger partial charge in [0.25, 0.3) is 0 Å². The van der Waals surface area contributed by atoms with Gasteiger partial charge in [-0.2, -0.15) is 0 Å². The Hall–Kier alpha value is -6.54. The quantitative estimate of drug-likeness (QED) is 0.0629. The van der Waals surface area contributed by atoms with E-state index in [9.17, 15) is 19.2 Å². The summed E-state index contributed by atoms with van der Waals surface area (Å²) in [6.45, 7) is 20.8. The SMILES string of the molecule is C=C(C)C(=O)Oc1cc(-c2ccccc2OC(=O)C(=C)C)c2ccc3cc(-c4ccc(OC(=O)C(=C)C)c(OC(=O)C(=C)C)c4)ccc3c2c1. The maximum Gasteiger partial charge on any atom is 0.338 e. The lowest BCUT2D eigenvalue weighted by Gasteiger charge is -2.16. The standard InChI is InChI=1S/C42H34O8/c1-23(2)39(43)47-30-21-34-31-16-13-27(28-15-18-37(49-41(45)25(5)6)38(20-28)50-42(46)26(7)8)19-29(31)14-17-32(34)35(22-30)33-11-9-10-12-36(33)48-40(44)24(3)4/h9-22H,1,3,5,7H2,2,4,6,8H3. The summed E-state index contributed by atoms with van der Waals surface area (Å²) >= 11 is 0. The van der Waals surface area contributed by atoms with Crippen molar-refractivity contribution in [2.45, 2.75) is 27.7 Å². The van der Waals surface area contributed by atoms with Gasteiger partial charge < -0.3 is 18.9 Å². The van der Waals surface area contributed by atoms with Crippen LogP contribution in [0.15, 0.2) is 134 Å². The van der Waals surface area contributed by atoms with Gasteiger partial charge in [0, 0.05) is 27.9 Å². The normalized spacial score (nSPS) is 10.6. The van der Waals surface area contributed by atoms with E-state index in [1.165, 1.54) is 13.8 Å². The van der Waals surface area contributed by atoms with Crippen molar-refractivity contribution >= 4 is 45.4 Å². The predicted octanol–water partition coefficient (Wildman–Crippen LogP) is 9.25. The van der Waals surface area contributed by atoms with Crippen LogP contribution in [0.1, 0.15) is 27.7 Å². The van der Waals surface area contributed by atoms with Gasteiger partial charge in [-0.1, -0.05) is 74.8 Å². The van der Waals surface area contributed by atoms with Gasteiger partial charge in [-0.3, -0.25) is 0 Å². The number of fused-ring (bicyclic) bond motifs is 3. The van der Waals surface area contributed by atoms with Gasteiger partial charge in [0.2, 0.25) is 0 Å². The zero-order valence-electron chi connectivity index (χ0n) is 28.2. The van der Waals surface area contributed by atoms with E-state index in [4.69, 9.17) is 18.9 Å². The highest BCUT2D eigenvalue weighted by Gasteiger charge is 2.19. The molecule has 250 valence electrons. The van der Waals surface area contributed by atoms with E-state index < -0.39 is 23.9 Å². The van der Waals surface area contributed by atoms with Crippen molar-refractivity contribution in [3.05, 3.63) is 134 Å². The molecule has 0 fully saturated rings. The number of hydrogen-bond acceptors (Lipinski definition) is 8. The van der Waals surface area contributed by atoms with Crippen LogP contribution in [-0.4, -0.2) is 23.9 Å². The van der Waals surface area contributed by atoms with Gasteiger partial charge in [0.15, 0.2) is 11.5 Å². The highest BCUT2D eigenvalue weighted by Crippen LogP contribution is 2.42. The molecule has 5 aromatic rings. The minimum atomic E-state index is -0.672. The molecule has 8 nitrogen and oxygen atoms in total. The van der Waals surface area contributed by atoms with E-state index in [0.29, 0.717) is 22.4 Å². The van der Waals surface area contributed by atoms with Crippen LogP contribution in [0.25, 0.3) is 43.8 Å². The molecule has 0 aliphatic rings. The van der Waals surface area contributed by atoms with E-state index in [0.717, 1.165) is 27.1 Å². The Labute approximate surface area is 289 Å². The minimum Gasteiger partial charge on any atom is -0.423 e. The molecular formula is C42H34O8. The molecule has 5 aromatic carbocycles. The first-order valence-corrected chi connectivity index (χ1v) is 15.5. The second-order valence-corrected chi connectivity index (χ2v) is 11.9. The Bertz CT molecular complexity index is 2310. The summed E-state index contributed by atoms with van der Waals surface area (Å²) in [5, 5.41) is 3.29. The van der Waals surface area contributed by atoms with Gasteiger partial charge in [0.1, 0.15) is 11.5 Å². The maximum atomic E-state index is 12.6. The molecule has 0 aromatic heterocycles. The maximum absolute atomic E-state index is 12.6. The van der Waals surface area contributed by atoms with Crippen LogP contribution in [0, 0.1) is 0 Å². The summed E-state index contributed by atoms with van der Waals surface area (Å²) in [5.41, 5.74) is 3.60. The van der Waals surface area contributed by atoms with Crippen LogP contribution in [0.4, 0.5) is 0 Å². The summed E-state index contributed by atoms with van der Waals surface area (Å²) in [7, 11) is 0. The summed E-state index contributed by atoms with van der Waals surface area (Å²) in [4.78, 5) is 49.9. The van der Waals surface area contributed by atoms with Crippen molar-refractivity contribution < 1.29 is 38.1 Å². The summed E-state index contributed by atoms with van der Waals surface area (Å²) in [5.74, 6) is -1.78. The largest absolute Gasteiger partial charge is 0.423 e. The van der Waals surface area contributed by atoms with Gasteiger partial charge in [-0.05, 0) is 102 Å². The third-order valence-electron chi connectivity index (χ3n) is 7.59. The lowest BCUT2D eigenvalue weighted by Crippen LogP contribution is -2.12. The molecule has 0 aliphatic carbocycles. The summed E-state index contributed by atoms with van der Waals surface area (Å²) in [6, 6.07) is 25.2. The molecule has 0 N–H and O–H groups in total. The highest BCUT2D eigenvalue weighted by atomic mass is 16.6. The van der Waals surface area contributed by atoms with Crippen LogP contribution < -0.4 is 18.9 Å². The average molecular weight is 667 g/mol. The van der Waals surface area contributed by atoms with E-state index in [1.54, 1.807) is 56.3 Å². The Morgan fingerprint density at radius 1 is 0.440 bits per heavy atom. The third-order valence-corrected chi connectivity index (χ3v) is 7.59. The number of para-hydroxylation sites is 1. The number of benzene rings is 5. The number of esters is 4. The molecule has 0 saturated carbocycles. The Morgan fingerprint density at radius 3 is 1.60 bits per heavy atom. The van der Waals surface area contributed by atoms with Crippen molar-refractivity contribution in [1.82, 2.24) is 0 Å². The second kappa shape index (κ2) is 14.3. The zero-order chi connectivity index (χ0) is 36.3. The van der Waals surface area contributed by atoms with Crippen molar-refractivity contribution in [1.29, 1.82) is 0 Å². The molecular weight excluding hydrogens is 632 g/mol. The number of hydrogen-bond donors (Lipinski definition) is 0. The first-order chi connectivity index (χ1) is 23.7. The molecule has 0 unspecified atom stereocenters. The highest BCUT2D eigenvalue weighted by molar-refractivity contribution is 6.14. The molecule has 0 radical (unpaired) electrons. The zero-order valence-corrected chi connectivity index (χ0v) is 28.2. The van der Waals surface area contributed by atoms with Gasteiger partial charge >= 0.3 is 23.9 Å². The molecule has 8 heteroatoms. The van der Waals surface area contributed by atoms with Crippen LogP contribution in [0.2, 0.25) is 0 Å². The predicted molar refractivity (Wildman–Crippen MR) is 194 cm³/mol. The molecule has 50 heavy (non-hydrogen) atoms. The molecule has 0 amide bonds. The van der Waals surface area contributed by atoms with Crippen molar-refractivity contribution in [3.8, 4) is 45.3 Å². The van der Waals surface area contributed by atoms with E-state index in [2.05, 4.69) is 26.3 Å². The fraction of sp³-hybridized carbons (Fsp3) is 0.0952. The molecule has 0 bridgehead atoms. The lowest BCUT2D eigenvalue weighted by molar-refractivity contribution is -0.132. The van der Waals surface area contributed by atoms with Crippen molar-refractivity contribution in [3.63, 3.8) is 0 Å². The molecule has 0 aliphatic heterocycles. The Morgan fingerprint density at radius 2 is 0.960 bits per heavy atom. The fourth-order valence-electron chi connectivity index (χ4n) is 4.99. The minimum absolute atomic E-state index is 0.0448. The Balaban J connectivity index is 1.67. The average Bonchev–Trinajstić information content (AvgIpc) is 3.08. The van der Waals surface area contributed by atoms with Crippen molar-refractivity contribution in [2.75, 3.05) is 0 Å². The van der Waals surface area contributed by atoms with Gasteiger partial charge in [0.05, 0.1) is 0 Å². The van der Waals surface area contributed by atoms with Crippen LogP contribution in [-0.2, 0) is 19.2 Å². The molecule has 5 rings (SSSR count). The van der Waals surface area contributed by atoms with Crippen molar-refractivity contribution in [2.24, 2.45) is 0 Å². The van der Waals surface area contributed by atoms with Crippen LogP contribution >= 0.6 is 0 Å². The smallest absolute Gasteiger partial charge is 0.338 e. The second-order valence-electron chi connectivity index (χ2n) is 11.9. The summed E-state index contributed by atoms with van der Waals surface area (Å²) in [6.07, 6.45) is 0. The summed E-state index contributed by atoms with van der Waals surface area (Å²) < 4.78 is 22.3. The number of rotatable bonds is 10. The Kier molecular flexibility index (Phi) is 9.94. The fourth-order valence-corrected chi connectivity index (χ4v) is 4.99. The van der Waals surface area contributed by atoms with Crippen LogP contribution in [0.5, 0.6) is 23.0 Å². The third kappa shape index (κ3) is 7.45. The first-order valence-electron chi connectivity index (χ1n) is 15.5.